The Morgan fingerprint density at radius 3 is 2.50 bits per heavy atom. The molecular formula is C17H14N4S. The molecule has 3 rings (SSSR count). The standard InChI is InChI=1S/C17H14N4S/c1-12-2-8-15(9-3-12)16-19-17(21-20-16)22-11-14-6-4-13(10-18)5-7-14/h2-9H,11H2,1H3,(H,19,20,21). The summed E-state index contributed by atoms with van der Waals surface area (Å²) >= 11 is 1.57. The van der Waals surface area contributed by atoms with Gasteiger partial charge < -0.3 is 0 Å². The molecule has 5 heteroatoms. The van der Waals surface area contributed by atoms with Crippen LogP contribution in [-0.2, 0) is 5.75 Å². The van der Waals surface area contributed by atoms with E-state index >= 15 is 0 Å². The highest BCUT2D eigenvalue weighted by molar-refractivity contribution is 7.98. The second-order valence-electron chi connectivity index (χ2n) is 4.93. The van der Waals surface area contributed by atoms with E-state index in [0.29, 0.717) is 5.56 Å². The molecule has 0 atom stereocenters. The van der Waals surface area contributed by atoms with E-state index in [9.17, 15) is 0 Å². The predicted molar refractivity (Wildman–Crippen MR) is 87.3 cm³/mol. The fourth-order valence-corrected chi connectivity index (χ4v) is 2.73. The molecule has 0 amide bonds. The number of nitrogens with one attached hydrogen (secondary N) is 1. The summed E-state index contributed by atoms with van der Waals surface area (Å²) in [7, 11) is 0. The van der Waals surface area contributed by atoms with Gasteiger partial charge in [0, 0.05) is 11.3 Å². The molecule has 0 aliphatic carbocycles. The van der Waals surface area contributed by atoms with Gasteiger partial charge in [0.25, 0.3) is 0 Å². The molecule has 0 unspecified atom stereocenters. The molecule has 0 bridgehead atoms. The maximum Gasteiger partial charge on any atom is 0.209 e. The molecule has 0 radical (unpaired) electrons. The number of H-pyrrole nitrogens is 1. The van der Waals surface area contributed by atoms with E-state index in [1.165, 1.54) is 5.56 Å². The second-order valence-corrected chi connectivity index (χ2v) is 5.87. The highest BCUT2D eigenvalue weighted by atomic mass is 32.2. The van der Waals surface area contributed by atoms with Crippen molar-refractivity contribution in [3.05, 3.63) is 65.2 Å². The van der Waals surface area contributed by atoms with Crippen LogP contribution in [0.5, 0.6) is 0 Å². The number of nitriles is 1. The Bertz CT molecular complexity index is 798. The molecule has 4 nitrogen and oxygen atoms in total. The molecule has 1 heterocycles. The molecule has 0 spiro atoms. The van der Waals surface area contributed by atoms with Gasteiger partial charge in [0.2, 0.25) is 5.16 Å². The molecule has 2 aromatic carbocycles. The van der Waals surface area contributed by atoms with Crippen LogP contribution < -0.4 is 0 Å². The van der Waals surface area contributed by atoms with Gasteiger partial charge in [-0.1, -0.05) is 53.7 Å². The monoisotopic (exact) mass is 306 g/mol. The van der Waals surface area contributed by atoms with Crippen LogP contribution in [0.15, 0.2) is 53.7 Å². The molecule has 1 aromatic heterocycles. The van der Waals surface area contributed by atoms with Crippen LogP contribution in [0, 0.1) is 18.3 Å². The first-order chi connectivity index (χ1) is 10.7. The molecule has 0 fully saturated rings. The number of hydrogen-bond donors (Lipinski definition) is 1. The largest absolute Gasteiger partial charge is 0.258 e. The van der Waals surface area contributed by atoms with E-state index < -0.39 is 0 Å². The van der Waals surface area contributed by atoms with Crippen molar-refractivity contribution in [2.24, 2.45) is 0 Å². The smallest absolute Gasteiger partial charge is 0.209 e. The third-order valence-corrected chi connectivity index (χ3v) is 4.16. The summed E-state index contributed by atoms with van der Waals surface area (Å²) in [5, 5.41) is 16.7. The molecule has 0 saturated carbocycles. The van der Waals surface area contributed by atoms with Gasteiger partial charge in [-0.15, -0.1) is 5.10 Å². The van der Waals surface area contributed by atoms with Crippen molar-refractivity contribution >= 4 is 11.8 Å². The summed E-state index contributed by atoms with van der Waals surface area (Å²) in [5.41, 5.74) is 4.07. The number of aryl methyl sites for hydroxylation is 1. The number of benzene rings is 2. The highest BCUT2D eigenvalue weighted by Crippen LogP contribution is 2.22. The molecule has 0 aliphatic heterocycles. The maximum atomic E-state index is 8.79. The SMILES string of the molecule is Cc1ccc(-c2nc(SCc3ccc(C#N)cc3)n[nH]2)cc1. The zero-order valence-electron chi connectivity index (χ0n) is 12.1. The molecule has 108 valence electrons. The van der Waals surface area contributed by atoms with E-state index in [-0.39, 0.29) is 0 Å². The average molecular weight is 306 g/mol. The molecular weight excluding hydrogens is 292 g/mol. The first-order valence-electron chi connectivity index (χ1n) is 6.86. The van der Waals surface area contributed by atoms with Crippen molar-refractivity contribution in [3.8, 4) is 17.5 Å². The maximum absolute atomic E-state index is 8.79. The van der Waals surface area contributed by atoms with E-state index in [1.807, 2.05) is 36.4 Å². The quantitative estimate of drug-likeness (QED) is 0.741. The summed E-state index contributed by atoms with van der Waals surface area (Å²) in [6, 6.07) is 17.9. The Labute approximate surface area is 133 Å². The third-order valence-electron chi connectivity index (χ3n) is 3.24. The van der Waals surface area contributed by atoms with E-state index in [4.69, 9.17) is 5.26 Å². The number of thioether (sulfide) groups is 1. The highest BCUT2D eigenvalue weighted by Gasteiger charge is 2.06. The summed E-state index contributed by atoms with van der Waals surface area (Å²) < 4.78 is 0. The lowest BCUT2D eigenvalue weighted by Gasteiger charge is -1.98. The van der Waals surface area contributed by atoms with Crippen molar-refractivity contribution < 1.29 is 0 Å². The fourth-order valence-electron chi connectivity index (χ4n) is 1.97. The third kappa shape index (κ3) is 3.35. The van der Waals surface area contributed by atoms with Crippen LogP contribution in [0.25, 0.3) is 11.4 Å². The van der Waals surface area contributed by atoms with Crippen molar-refractivity contribution in [3.63, 3.8) is 0 Å². The Morgan fingerprint density at radius 1 is 1.09 bits per heavy atom. The molecule has 3 aromatic rings. The first kappa shape index (κ1) is 14.4. The van der Waals surface area contributed by atoms with Crippen LogP contribution in [0.1, 0.15) is 16.7 Å². The fraction of sp³-hybridized carbons (Fsp3) is 0.118. The van der Waals surface area contributed by atoms with Crippen molar-refractivity contribution in [2.45, 2.75) is 17.8 Å². The van der Waals surface area contributed by atoms with Crippen LogP contribution in [0.3, 0.4) is 0 Å². The van der Waals surface area contributed by atoms with Crippen LogP contribution in [0.4, 0.5) is 0 Å². The van der Waals surface area contributed by atoms with Gasteiger partial charge in [-0.05, 0) is 24.6 Å². The summed E-state index contributed by atoms with van der Waals surface area (Å²) in [6.07, 6.45) is 0. The zero-order valence-corrected chi connectivity index (χ0v) is 12.9. The van der Waals surface area contributed by atoms with Gasteiger partial charge in [-0.3, -0.25) is 5.10 Å². The van der Waals surface area contributed by atoms with Crippen molar-refractivity contribution in [1.82, 2.24) is 15.2 Å². The van der Waals surface area contributed by atoms with Crippen LogP contribution in [-0.4, -0.2) is 15.2 Å². The number of nitrogens with zero attached hydrogens (tertiary/aromatic N) is 3. The minimum atomic E-state index is 0.674. The van der Waals surface area contributed by atoms with Gasteiger partial charge in [0.15, 0.2) is 5.82 Å². The van der Waals surface area contributed by atoms with E-state index in [0.717, 1.165) is 27.9 Å². The minimum absolute atomic E-state index is 0.674. The topological polar surface area (TPSA) is 65.4 Å². The Morgan fingerprint density at radius 2 is 1.82 bits per heavy atom. The predicted octanol–water partition coefficient (Wildman–Crippen LogP) is 3.94. The molecule has 0 saturated heterocycles. The van der Waals surface area contributed by atoms with Crippen molar-refractivity contribution in [1.29, 1.82) is 5.26 Å². The van der Waals surface area contributed by atoms with Gasteiger partial charge >= 0.3 is 0 Å². The van der Waals surface area contributed by atoms with Gasteiger partial charge in [0.1, 0.15) is 0 Å². The van der Waals surface area contributed by atoms with Gasteiger partial charge in [-0.25, -0.2) is 4.98 Å². The summed E-state index contributed by atoms with van der Waals surface area (Å²) in [4.78, 5) is 4.50. The normalized spacial score (nSPS) is 10.4. The summed E-state index contributed by atoms with van der Waals surface area (Å²) in [6.45, 7) is 2.06. The van der Waals surface area contributed by atoms with E-state index in [2.05, 4.69) is 40.3 Å². The molecule has 22 heavy (non-hydrogen) atoms. The molecule has 0 aliphatic rings. The van der Waals surface area contributed by atoms with Crippen LogP contribution in [0.2, 0.25) is 0 Å². The van der Waals surface area contributed by atoms with Crippen LogP contribution >= 0.6 is 11.8 Å². The second kappa shape index (κ2) is 6.46. The Kier molecular flexibility index (Phi) is 4.22. The number of rotatable bonds is 4. The Hall–Kier alpha value is -2.58. The molecule has 1 N–H and O–H groups in total. The lowest BCUT2D eigenvalue weighted by atomic mass is 10.1. The van der Waals surface area contributed by atoms with Gasteiger partial charge in [-0.2, -0.15) is 5.26 Å². The number of aromatic nitrogens is 3. The lowest BCUT2D eigenvalue weighted by Crippen LogP contribution is -1.83. The zero-order chi connectivity index (χ0) is 15.4. The minimum Gasteiger partial charge on any atom is -0.258 e. The summed E-state index contributed by atoms with van der Waals surface area (Å²) in [5.74, 6) is 1.55. The Balaban J connectivity index is 1.66. The number of aromatic amines is 1. The van der Waals surface area contributed by atoms with Gasteiger partial charge in [0.05, 0.1) is 11.6 Å². The van der Waals surface area contributed by atoms with E-state index in [1.54, 1.807) is 11.8 Å². The first-order valence-corrected chi connectivity index (χ1v) is 7.84. The number of hydrogen-bond acceptors (Lipinski definition) is 4. The van der Waals surface area contributed by atoms with Crippen molar-refractivity contribution in [2.75, 3.05) is 0 Å². The lowest BCUT2D eigenvalue weighted by molar-refractivity contribution is 0.973. The average Bonchev–Trinajstić information content (AvgIpc) is 3.03.